The molecule has 1 aromatic rings. The molecule has 0 radical (unpaired) electrons. The van der Waals surface area contributed by atoms with Gasteiger partial charge in [-0.25, -0.2) is 17.1 Å². The van der Waals surface area contributed by atoms with Gasteiger partial charge in [-0.2, -0.15) is 0 Å². The van der Waals surface area contributed by atoms with E-state index in [2.05, 4.69) is 5.32 Å². The minimum absolute atomic E-state index is 0.0948. The van der Waals surface area contributed by atoms with Crippen molar-refractivity contribution in [3.63, 3.8) is 0 Å². The highest BCUT2D eigenvalue weighted by Crippen LogP contribution is 2.30. The zero-order valence-corrected chi connectivity index (χ0v) is 12.3. The Hall–Kier alpha value is -1.45. The second kappa shape index (κ2) is 6.33. The van der Waals surface area contributed by atoms with Crippen molar-refractivity contribution in [2.75, 3.05) is 31.7 Å². The summed E-state index contributed by atoms with van der Waals surface area (Å²) in [6.45, 7) is -0.0948. The molecule has 10 heteroatoms. The second-order valence-electron chi connectivity index (χ2n) is 4.07. The van der Waals surface area contributed by atoms with Crippen LogP contribution in [0.4, 0.5) is 15.8 Å². The molecular weight excluding hydrogens is 313 g/mol. The minimum Gasteiger partial charge on any atom is -0.378 e. The second-order valence-corrected chi connectivity index (χ2v) is 6.78. The highest BCUT2D eigenvalue weighted by molar-refractivity contribution is 7.89. The molecule has 1 rings (SSSR count). The van der Waals surface area contributed by atoms with Crippen LogP contribution in [0.15, 0.2) is 12.1 Å². The number of nitrogens with one attached hydrogen (secondary N) is 1. The SMILES string of the molecule is CN(C)S(=O)(=O)CCNc1cc(F)c(Cl)cc1[N+](=O)[O-]. The average molecular weight is 326 g/mol. The third-order valence-corrected chi connectivity index (χ3v) is 4.59. The van der Waals surface area contributed by atoms with Gasteiger partial charge in [0.05, 0.1) is 15.7 Å². The van der Waals surface area contributed by atoms with E-state index < -0.39 is 26.5 Å². The predicted molar refractivity (Wildman–Crippen MR) is 74.0 cm³/mol. The van der Waals surface area contributed by atoms with Crippen LogP contribution < -0.4 is 5.32 Å². The van der Waals surface area contributed by atoms with Crippen LogP contribution in [-0.4, -0.2) is 44.0 Å². The normalized spacial score (nSPS) is 11.7. The predicted octanol–water partition coefficient (Wildman–Crippen LogP) is 1.69. The molecule has 7 nitrogen and oxygen atoms in total. The molecule has 0 spiro atoms. The molecule has 0 aromatic heterocycles. The van der Waals surface area contributed by atoms with Gasteiger partial charge in [0.15, 0.2) is 0 Å². The number of benzene rings is 1. The number of hydrogen-bond acceptors (Lipinski definition) is 5. The van der Waals surface area contributed by atoms with Crippen molar-refractivity contribution >= 4 is 33.0 Å². The summed E-state index contributed by atoms with van der Waals surface area (Å²) in [4.78, 5) is 10.1. The fraction of sp³-hybridized carbons (Fsp3) is 0.400. The van der Waals surface area contributed by atoms with Crippen LogP contribution in [0.5, 0.6) is 0 Å². The van der Waals surface area contributed by atoms with E-state index in [0.717, 1.165) is 16.4 Å². The molecular formula is C10H13ClFN3O4S. The highest BCUT2D eigenvalue weighted by atomic mass is 35.5. The molecule has 0 unspecified atom stereocenters. The van der Waals surface area contributed by atoms with Crippen LogP contribution in [0.2, 0.25) is 5.02 Å². The Kier molecular flexibility index (Phi) is 5.26. The first-order valence-electron chi connectivity index (χ1n) is 5.42. The number of rotatable bonds is 6. The van der Waals surface area contributed by atoms with E-state index in [1.165, 1.54) is 14.1 Å². The van der Waals surface area contributed by atoms with E-state index in [0.29, 0.717) is 0 Å². The monoisotopic (exact) mass is 325 g/mol. The molecule has 0 amide bonds. The molecule has 0 heterocycles. The van der Waals surface area contributed by atoms with E-state index >= 15 is 0 Å². The van der Waals surface area contributed by atoms with Crippen molar-refractivity contribution in [3.8, 4) is 0 Å². The molecule has 112 valence electrons. The van der Waals surface area contributed by atoms with Crippen LogP contribution >= 0.6 is 11.6 Å². The number of sulfonamides is 1. The molecule has 0 aliphatic carbocycles. The van der Waals surface area contributed by atoms with Crippen molar-refractivity contribution in [2.45, 2.75) is 0 Å². The van der Waals surface area contributed by atoms with Gasteiger partial charge in [0.25, 0.3) is 5.69 Å². The zero-order valence-electron chi connectivity index (χ0n) is 10.8. The Morgan fingerprint density at radius 1 is 1.45 bits per heavy atom. The summed E-state index contributed by atoms with van der Waals surface area (Å²) in [6.07, 6.45) is 0. The summed E-state index contributed by atoms with van der Waals surface area (Å²) in [5.74, 6) is -1.10. The third-order valence-electron chi connectivity index (χ3n) is 2.47. The van der Waals surface area contributed by atoms with Crippen LogP contribution in [0.1, 0.15) is 0 Å². The largest absolute Gasteiger partial charge is 0.378 e. The van der Waals surface area contributed by atoms with Crippen molar-refractivity contribution in [3.05, 3.63) is 33.1 Å². The summed E-state index contributed by atoms with van der Waals surface area (Å²) in [7, 11) is -0.689. The summed E-state index contributed by atoms with van der Waals surface area (Å²) in [5.41, 5.74) is -0.537. The highest BCUT2D eigenvalue weighted by Gasteiger charge is 2.19. The first-order chi connectivity index (χ1) is 9.15. The van der Waals surface area contributed by atoms with Gasteiger partial charge in [-0.3, -0.25) is 10.1 Å². The Balaban J connectivity index is 2.88. The fourth-order valence-electron chi connectivity index (χ4n) is 1.33. The lowest BCUT2D eigenvalue weighted by Crippen LogP contribution is -2.28. The number of nitro groups is 1. The zero-order chi connectivity index (χ0) is 15.5. The summed E-state index contributed by atoms with van der Waals surface area (Å²) in [5, 5.41) is 13.0. The maximum atomic E-state index is 13.3. The van der Waals surface area contributed by atoms with Crippen molar-refractivity contribution in [1.29, 1.82) is 0 Å². The number of anilines is 1. The number of halogens is 2. The summed E-state index contributed by atoms with van der Waals surface area (Å²) >= 11 is 5.47. The number of hydrogen-bond donors (Lipinski definition) is 1. The van der Waals surface area contributed by atoms with Crippen LogP contribution in [0.3, 0.4) is 0 Å². The number of nitrogens with zero attached hydrogens (tertiary/aromatic N) is 2. The molecule has 0 fully saturated rings. The molecule has 1 aromatic carbocycles. The van der Waals surface area contributed by atoms with E-state index in [9.17, 15) is 22.9 Å². The van der Waals surface area contributed by atoms with Gasteiger partial charge in [-0.15, -0.1) is 0 Å². The van der Waals surface area contributed by atoms with Gasteiger partial charge < -0.3 is 5.32 Å². The molecule has 0 aliphatic rings. The van der Waals surface area contributed by atoms with Gasteiger partial charge in [0, 0.05) is 32.8 Å². The molecule has 1 N–H and O–H groups in total. The van der Waals surface area contributed by atoms with Crippen LogP contribution in [0.25, 0.3) is 0 Å². The summed E-state index contributed by atoms with van der Waals surface area (Å²) < 4.78 is 37.4. The Morgan fingerprint density at radius 3 is 2.55 bits per heavy atom. The van der Waals surface area contributed by atoms with Gasteiger partial charge in [-0.05, 0) is 0 Å². The van der Waals surface area contributed by atoms with E-state index in [-0.39, 0.29) is 23.0 Å². The summed E-state index contributed by atoms with van der Waals surface area (Å²) in [6, 6.07) is 1.74. The first kappa shape index (κ1) is 16.6. The van der Waals surface area contributed by atoms with Crippen LogP contribution in [-0.2, 0) is 10.0 Å². The quantitative estimate of drug-likeness (QED) is 0.634. The van der Waals surface area contributed by atoms with E-state index in [4.69, 9.17) is 11.6 Å². The first-order valence-corrected chi connectivity index (χ1v) is 7.41. The van der Waals surface area contributed by atoms with Crippen molar-refractivity contribution < 1.29 is 17.7 Å². The van der Waals surface area contributed by atoms with Gasteiger partial charge >= 0.3 is 0 Å². The molecule has 0 saturated carbocycles. The lowest BCUT2D eigenvalue weighted by Gasteiger charge is -2.12. The van der Waals surface area contributed by atoms with E-state index in [1.807, 2.05) is 0 Å². The molecule has 0 aliphatic heterocycles. The maximum Gasteiger partial charge on any atom is 0.294 e. The standard InChI is InChI=1S/C10H13ClFN3O4S/c1-14(2)20(18,19)4-3-13-9-6-8(12)7(11)5-10(9)15(16)17/h5-6,13H,3-4H2,1-2H3. The van der Waals surface area contributed by atoms with Crippen molar-refractivity contribution in [1.82, 2.24) is 4.31 Å². The van der Waals surface area contributed by atoms with Gasteiger partial charge in [0.1, 0.15) is 11.5 Å². The smallest absolute Gasteiger partial charge is 0.294 e. The van der Waals surface area contributed by atoms with Gasteiger partial charge in [0.2, 0.25) is 10.0 Å². The Morgan fingerprint density at radius 2 is 2.05 bits per heavy atom. The molecule has 0 saturated heterocycles. The lowest BCUT2D eigenvalue weighted by atomic mass is 10.2. The van der Waals surface area contributed by atoms with E-state index in [1.54, 1.807) is 0 Å². The average Bonchev–Trinajstić information content (AvgIpc) is 2.32. The minimum atomic E-state index is -3.44. The lowest BCUT2D eigenvalue weighted by molar-refractivity contribution is -0.384. The number of nitro benzene ring substituents is 1. The molecule has 20 heavy (non-hydrogen) atoms. The Labute approximate surface area is 120 Å². The maximum absolute atomic E-state index is 13.3. The molecule has 0 bridgehead atoms. The van der Waals surface area contributed by atoms with Crippen molar-refractivity contribution in [2.24, 2.45) is 0 Å². The topological polar surface area (TPSA) is 92.6 Å². The Bertz CT molecular complexity index is 621. The third kappa shape index (κ3) is 4.02. The fourth-order valence-corrected chi connectivity index (χ4v) is 2.21. The molecule has 0 atom stereocenters. The van der Waals surface area contributed by atoms with Gasteiger partial charge in [-0.1, -0.05) is 11.6 Å². The van der Waals surface area contributed by atoms with Crippen LogP contribution in [0, 0.1) is 15.9 Å².